The van der Waals surface area contributed by atoms with Gasteiger partial charge >= 0.3 is 5.97 Å². The number of amides is 1. The maximum absolute atomic E-state index is 12.3. The molecule has 0 radical (unpaired) electrons. The van der Waals surface area contributed by atoms with Crippen molar-refractivity contribution in [3.63, 3.8) is 0 Å². The molecule has 0 atom stereocenters. The molecule has 2 N–H and O–H groups in total. The Kier molecular flexibility index (Phi) is 5.79. The maximum Gasteiger partial charge on any atom is 0.338 e. The van der Waals surface area contributed by atoms with Crippen molar-refractivity contribution in [3.05, 3.63) is 64.2 Å². The zero-order valence-electron chi connectivity index (χ0n) is 15.5. The first-order chi connectivity index (χ1) is 13.3. The van der Waals surface area contributed by atoms with Gasteiger partial charge < -0.3 is 10.4 Å². The summed E-state index contributed by atoms with van der Waals surface area (Å²) in [5, 5.41) is 20.9. The Hall–Kier alpha value is -3.13. The average Bonchev–Trinajstić information content (AvgIpc) is 3.23. The molecule has 146 valence electrons. The molecule has 9 heteroatoms. The number of benzene rings is 1. The minimum atomic E-state index is -1.05. The van der Waals surface area contributed by atoms with E-state index in [2.05, 4.69) is 15.5 Å². The Bertz CT molecular complexity index is 1020. The van der Waals surface area contributed by atoms with Crippen molar-refractivity contribution in [1.82, 2.24) is 19.6 Å². The topological polar surface area (TPSA) is 102 Å². The molecule has 3 rings (SSSR count). The van der Waals surface area contributed by atoms with Gasteiger partial charge in [-0.1, -0.05) is 29.8 Å². The normalized spacial score (nSPS) is 10.8. The van der Waals surface area contributed by atoms with Crippen LogP contribution in [-0.2, 0) is 17.9 Å². The molecule has 2 aromatic heterocycles. The van der Waals surface area contributed by atoms with Gasteiger partial charge in [0.05, 0.1) is 35.4 Å². The largest absolute Gasteiger partial charge is 0.478 e. The van der Waals surface area contributed by atoms with Crippen LogP contribution in [0.3, 0.4) is 0 Å². The minimum Gasteiger partial charge on any atom is -0.478 e. The summed E-state index contributed by atoms with van der Waals surface area (Å²) in [6, 6.07) is 7.56. The second kappa shape index (κ2) is 8.26. The second-order valence-electron chi connectivity index (χ2n) is 6.39. The Labute approximate surface area is 166 Å². The van der Waals surface area contributed by atoms with Gasteiger partial charge in [0.15, 0.2) is 0 Å². The predicted octanol–water partition coefficient (Wildman–Crippen LogP) is 3.13. The third kappa shape index (κ3) is 4.40. The van der Waals surface area contributed by atoms with Crippen LogP contribution in [0.5, 0.6) is 0 Å². The van der Waals surface area contributed by atoms with Crippen LogP contribution in [0.2, 0.25) is 5.02 Å². The van der Waals surface area contributed by atoms with E-state index in [4.69, 9.17) is 16.7 Å². The van der Waals surface area contributed by atoms with Gasteiger partial charge in [0.2, 0.25) is 5.91 Å². The molecule has 3 aromatic rings. The van der Waals surface area contributed by atoms with Gasteiger partial charge in [-0.25, -0.2) is 4.79 Å². The third-order valence-electron chi connectivity index (χ3n) is 4.37. The fraction of sp³-hybridized carbons (Fsp3) is 0.263. The number of halogens is 1. The summed E-state index contributed by atoms with van der Waals surface area (Å²) in [7, 11) is 0. The number of aryl methyl sites for hydroxylation is 2. The Morgan fingerprint density at radius 2 is 2.00 bits per heavy atom. The van der Waals surface area contributed by atoms with Crippen molar-refractivity contribution in [3.8, 4) is 0 Å². The number of aromatic carboxylic acids is 1. The molecule has 0 saturated carbocycles. The number of nitrogens with zero attached hydrogens (tertiary/aromatic N) is 4. The summed E-state index contributed by atoms with van der Waals surface area (Å²) < 4.78 is 3.24. The van der Waals surface area contributed by atoms with Crippen LogP contribution in [0.25, 0.3) is 0 Å². The molecule has 8 nitrogen and oxygen atoms in total. The maximum atomic E-state index is 12.3. The van der Waals surface area contributed by atoms with Gasteiger partial charge in [-0.05, 0) is 25.5 Å². The number of anilines is 1. The summed E-state index contributed by atoms with van der Waals surface area (Å²) >= 11 is 6.22. The van der Waals surface area contributed by atoms with E-state index in [0.29, 0.717) is 22.9 Å². The van der Waals surface area contributed by atoms with E-state index in [1.165, 1.54) is 17.1 Å². The number of carboxylic acids is 1. The molecule has 1 aromatic carbocycles. The molecule has 0 aliphatic carbocycles. The van der Waals surface area contributed by atoms with Crippen molar-refractivity contribution < 1.29 is 14.7 Å². The second-order valence-corrected chi connectivity index (χ2v) is 6.80. The number of hydrogen-bond donors (Lipinski definition) is 2. The van der Waals surface area contributed by atoms with Gasteiger partial charge in [0.25, 0.3) is 0 Å². The number of carboxylic acid groups (broad SMARTS) is 1. The van der Waals surface area contributed by atoms with Crippen LogP contribution in [0.15, 0.2) is 36.7 Å². The summed E-state index contributed by atoms with van der Waals surface area (Å²) in [5.74, 6) is -1.25. The van der Waals surface area contributed by atoms with Gasteiger partial charge in [0, 0.05) is 24.2 Å². The summed E-state index contributed by atoms with van der Waals surface area (Å²) in [4.78, 5) is 23.2. The fourth-order valence-electron chi connectivity index (χ4n) is 2.83. The number of hydrogen-bond acceptors (Lipinski definition) is 4. The summed E-state index contributed by atoms with van der Waals surface area (Å²) in [5.41, 5.74) is 3.25. The highest BCUT2D eigenvalue weighted by Crippen LogP contribution is 2.23. The van der Waals surface area contributed by atoms with Gasteiger partial charge in [-0.3, -0.25) is 14.2 Å². The number of carbonyl (C=O) groups excluding carboxylic acids is 1. The lowest BCUT2D eigenvalue weighted by Gasteiger charge is -2.08. The van der Waals surface area contributed by atoms with Crippen LogP contribution in [0.4, 0.5) is 5.69 Å². The molecule has 0 aliphatic heterocycles. The Morgan fingerprint density at radius 1 is 1.25 bits per heavy atom. The quantitative estimate of drug-likeness (QED) is 0.633. The molecule has 0 unspecified atom stereocenters. The lowest BCUT2D eigenvalue weighted by molar-refractivity contribution is -0.116. The van der Waals surface area contributed by atoms with Crippen molar-refractivity contribution in [2.75, 3.05) is 5.32 Å². The fourth-order valence-corrected chi connectivity index (χ4v) is 3.03. The van der Waals surface area contributed by atoms with Gasteiger partial charge in [-0.15, -0.1) is 0 Å². The van der Waals surface area contributed by atoms with E-state index >= 15 is 0 Å². The lowest BCUT2D eigenvalue weighted by atomic mass is 10.2. The first-order valence-electron chi connectivity index (χ1n) is 8.68. The summed E-state index contributed by atoms with van der Waals surface area (Å²) in [6.07, 6.45) is 2.82. The van der Waals surface area contributed by atoms with Crippen molar-refractivity contribution >= 4 is 29.2 Å². The monoisotopic (exact) mass is 401 g/mol. The Morgan fingerprint density at radius 3 is 2.68 bits per heavy atom. The molecule has 0 fully saturated rings. The number of aromatic nitrogens is 4. The van der Waals surface area contributed by atoms with Crippen LogP contribution in [0.1, 0.15) is 33.7 Å². The van der Waals surface area contributed by atoms with E-state index in [0.717, 1.165) is 11.3 Å². The van der Waals surface area contributed by atoms with E-state index in [9.17, 15) is 9.59 Å². The van der Waals surface area contributed by atoms with Crippen molar-refractivity contribution in [1.29, 1.82) is 0 Å². The third-order valence-corrected chi connectivity index (χ3v) is 4.74. The molecule has 1 amide bonds. The molecular weight excluding hydrogens is 382 g/mol. The zero-order valence-corrected chi connectivity index (χ0v) is 16.3. The van der Waals surface area contributed by atoms with E-state index in [-0.39, 0.29) is 24.4 Å². The number of nitrogens with one attached hydrogen (secondary N) is 1. The highest BCUT2D eigenvalue weighted by Gasteiger charge is 2.15. The van der Waals surface area contributed by atoms with Crippen molar-refractivity contribution in [2.24, 2.45) is 0 Å². The molecule has 0 saturated heterocycles. The molecule has 28 heavy (non-hydrogen) atoms. The van der Waals surface area contributed by atoms with Crippen molar-refractivity contribution in [2.45, 2.75) is 33.4 Å². The van der Waals surface area contributed by atoms with Gasteiger partial charge in [0.1, 0.15) is 0 Å². The Balaban J connectivity index is 1.65. The molecule has 0 aliphatic rings. The highest BCUT2D eigenvalue weighted by atomic mass is 35.5. The SMILES string of the molecule is Cc1nn(Cc2ccccc2Cl)c(C)c1NC(=O)CCn1cc(C(=O)O)cn1. The first-order valence-corrected chi connectivity index (χ1v) is 9.06. The first kappa shape index (κ1) is 19.6. The van der Waals surface area contributed by atoms with E-state index in [1.807, 2.05) is 38.1 Å². The van der Waals surface area contributed by atoms with Crippen LogP contribution < -0.4 is 5.32 Å². The molecule has 0 spiro atoms. The smallest absolute Gasteiger partial charge is 0.338 e. The molecule has 0 bridgehead atoms. The lowest BCUT2D eigenvalue weighted by Crippen LogP contribution is -2.16. The van der Waals surface area contributed by atoms with Crippen LogP contribution >= 0.6 is 11.6 Å². The molecule has 2 heterocycles. The van der Waals surface area contributed by atoms with Crippen LogP contribution in [-0.4, -0.2) is 36.5 Å². The molecular formula is C19H20ClN5O3. The van der Waals surface area contributed by atoms with Gasteiger partial charge in [-0.2, -0.15) is 10.2 Å². The zero-order chi connectivity index (χ0) is 20.3. The number of rotatable bonds is 7. The standard InChI is InChI=1S/C19H20ClN5O3/c1-12-18(13(2)25(23-12)11-14-5-3-4-6-16(14)20)22-17(26)7-8-24-10-15(9-21-24)19(27)28/h3-6,9-10H,7-8,11H2,1-2H3,(H,22,26)(H,27,28). The average molecular weight is 402 g/mol. The van der Waals surface area contributed by atoms with E-state index < -0.39 is 5.97 Å². The number of carbonyl (C=O) groups is 2. The highest BCUT2D eigenvalue weighted by molar-refractivity contribution is 6.31. The minimum absolute atomic E-state index is 0.0907. The predicted molar refractivity (Wildman–Crippen MR) is 105 cm³/mol. The van der Waals surface area contributed by atoms with E-state index in [1.54, 1.807) is 4.68 Å². The summed E-state index contributed by atoms with van der Waals surface area (Å²) in [6.45, 7) is 4.51. The van der Waals surface area contributed by atoms with Crippen LogP contribution in [0, 0.1) is 13.8 Å².